The number of aryl methyl sites for hydroxylation is 1. The number of hydrogen-bond acceptors (Lipinski definition) is 2. The Kier molecular flexibility index (Phi) is 4.36. The Labute approximate surface area is 114 Å². The van der Waals surface area contributed by atoms with Crippen LogP contribution in [-0.4, -0.2) is 9.55 Å². The van der Waals surface area contributed by atoms with Crippen molar-refractivity contribution in [3.05, 3.63) is 46.7 Å². The zero-order valence-electron chi connectivity index (χ0n) is 10.2. The molecule has 0 spiro atoms. The summed E-state index contributed by atoms with van der Waals surface area (Å²) in [6.45, 7) is 3.76. The molecule has 0 radical (unpaired) electrons. The van der Waals surface area contributed by atoms with Crippen molar-refractivity contribution in [2.24, 2.45) is 0 Å². The van der Waals surface area contributed by atoms with E-state index in [-0.39, 0.29) is 5.82 Å². The summed E-state index contributed by atoms with van der Waals surface area (Å²) in [6, 6.07) is 4.61. The molecule has 0 atom stereocenters. The monoisotopic (exact) mass is 311 g/mol. The Morgan fingerprint density at radius 1 is 1.44 bits per heavy atom. The number of benzene rings is 1. The molecule has 96 valence electrons. The number of nitrogens with zero attached hydrogens (tertiary/aromatic N) is 2. The van der Waals surface area contributed by atoms with Crippen LogP contribution >= 0.6 is 15.9 Å². The maximum atomic E-state index is 13.0. The largest absolute Gasteiger partial charge is 0.378 e. The van der Waals surface area contributed by atoms with Gasteiger partial charge in [-0.15, -0.1) is 0 Å². The lowest BCUT2D eigenvalue weighted by atomic mass is 10.3. The first-order valence-corrected chi connectivity index (χ1v) is 6.68. The molecule has 0 aliphatic heterocycles. The fourth-order valence-corrected chi connectivity index (χ4v) is 2.25. The highest BCUT2D eigenvalue weighted by Gasteiger charge is 2.04. The highest BCUT2D eigenvalue weighted by atomic mass is 79.9. The van der Waals surface area contributed by atoms with Gasteiger partial charge in [0.1, 0.15) is 5.82 Å². The van der Waals surface area contributed by atoms with Crippen molar-refractivity contribution in [1.82, 2.24) is 9.55 Å². The molecule has 0 fully saturated rings. The predicted molar refractivity (Wildman–Crippen MR) is 73.9 cm³/mol. The van der Waals surface area contributed by atoms with E-state index in [4.69, 9.17) is 0 Å². The predicted octanol–water partition coefficient (Wildman–Crippen LogP) is 3.81. The van der Waals surface area contributed by atoms with Crippen molar-refractivity contribution in [2.75, 3.05) is 5.32 Å². The Hall–Kier alpha value is -1.36. The molecule has 0 bridgehead atoms. The van der Waals surface area contributed by atoms with Crippen molar-refractivity contribution in [2.45, 2.75) is 26.4 Å². The molecule has 2 rings (SSSR count). The van der Waals surface area contributed by atoms with Gasteiger partial charge in [0, 0.05) is 22.9 Å². The van der Waals surface area contributed by atoms with Crippen LogP contribution in [0.25, 0.3) is 0 Å². The third-order valence-electron chi connectivity index (χ3n) is 2.65. The van der Waals surface area contributed by atoms with Gasteiger partial charge in [-0.2, -0.15) is 0 Å². The van der Waals surface area contributed by atoms with Gasteiger partial charge < -0.3 is 9.88 Å². The second-order valence-corrected chi connectivity index (χ2v) is 4.91. The lowest BCUT2D eigenvalue weighted by Gasteiger charge is -2.10. The summed E-state index contributed by atoms with van der Waals surface area (Å²) in [5, 5.41) is 3.27. The van der Waals surface area contributed by atoms with E-state index in [9.17, 15) is 4.39 Å². The van der Waals surface area contributed by atoms with Crippen LogP contribution in [0.3, 0.4) is 0 Å². The SMILES string of the molecule is CCCn1cncc1CNc1ccc(F)cc1Br. The van der Waals surface area contributed by atoms with Crippen LogP contribution in [0, 0.1) is 5.82 Å². The summed E-state index contributed by atoms with van der Waals surface area (Å²) in [4.78, 5) is 4.14. The lowest BCUT2D eigenvalue weighted by molar-refractivity contribution is 0.627. The Morgan fingerprint density at radius 2 is 2.28 bits per heavy atom. The van der Waals surface area contributed by atoms with E-state index in [2.05, 4.69) is 37.7 Å². The normalized spacial score (nSPS) is 10.6. The summed E-state index contributed by atoms with van der Waals surface area (Å²) in [7, 11) is 0. The number of imidazole rings is 1. The second-order valence-electron chi connectivity index (χ2n) is 4.06. The quantitative estimate of drug-likeness (QED) is 0.910. The van der Waals surface area contributed by atoms with Crippen molar-refractivity contribution in [3.8, 4) is 0 Å². The van der Waals surface area contributed by atoms with Gasteiger partial charge in [0.25, 0.3) is 0 Å². The molecule has 1 heterocycles. The van der Waals surface area contributed by atoms with Gasteiger partial charge in [-0.25, -0.2) is 9.37 Å². The number of hydrogen-bond donors (Lipinski definition) is 1. The first kappa shape index (κ1) is 13.1. The fraction of sp³-hybridized carbons (Fsp3) is 0.308. The van der Waals surface area contributed by atoms with Crippen LogP contribution < -0.4 is 5.32 Å². The summed E-state index contributed by atoms with van der Waals surface area (Å²) >= 11 is 3.34. The Bertz CT molecular complexity index is 525. The number of nitrogens with one attached hydrogen (secondary N) is 1. The topological polar surface area (TPSA) is 29.9 Å². The van der Waals surface area contributed by atoms with E-state index in [0.29, 0.717) is 6.54 Å². The third-order valence-corrected chi connectivity index (χ3v) is 3.31. The van der Waals surface area contributed by atoms with Crippen LogP contribution in [0.1, 0.15) is 19.0 Å². The van der Waals surface area contributed by atoms with Crippen molar-refractivity contribution in [3.63, 3.8) is 0 Å². The molecule has 2 aromatic rings. The first-order valence-electron chi connectivity index (χ1n) is 5.88. The molecule has 0 saturated carbocycles. The van der Waals surface area contributed by atoms with E-state index >= 15 is 0 Å². The minimum Gasteiger partial charge on any atom is -0.378 e. The van der Waals surface area contributed by atoms with Crippen molar-refractivity contribution in [1.29, 1.82) is 0 Å². The van der Waals surface area contributed by atoms with Crippen LogP contribution in [0.5, 0.6) is 0 Å². The highest BCUT2D eigenvalue weighted by molar-refractivity contribution is 9.10. The number of halogens is 2. The lowest BCUT2D eigenvalue weighted by Crippen LogP contribution is -2.07. The van der Waals surface area contributed by atoms with Crippen molar-refractivity contribution >= 4 is 21.6 Å². The second kappa shape index (κ2) is 6.00. The van der Waals surface area contributed by atoms with Gasteiger partial charge in [0.2, 0.25) is 0 Å². The van der Waals surface area contributed by atoms with Gasteiger partial charge in [-0.1, -0.05) is 6.92 Å². The Balaban J connectivity index is 2.04. The molecule has 0 amide bonds. The van der Waals surface area contributed by atoms with Gasteiger partial charge in [0.15, 0.2) is 0 Å². The smallest absolute Gasteiger partial charge is 0.124 e. The summed E-state index contributed by atoms with van der Waals surface area (Å²) in [6.07, 6.45) is 4.75. The van der Waals surface area contributed by atoms with Gasteiger partial charge in [-0.05, 0) is 40.5 Å². The fourth-order valence-electron chi connectivity index (χ4n) is 1.76. The zero-order chi connectivity index (χ0) is 13.0. The van der Waals surface area contributed by atoms with E-state index in [1.54, 1.807) is 6.07 Å². The van der Waals surface area contributed by atoms with E-state index in [1.165, 1.54) is 12.1 Å². The number of anilines is 1. The molecule has 5 heteroatoms. The minimum absolute atomic E-state index is 0.247. The molecule has 18 heavy (non-hydrogen) atoms. The van der Waals surface area contributed by atoms with Crippen LogP contribution in [0.15, 0.2) is 35.2 Å². The molecule has 1 N–H and O–H groups in total. The maximum Gasteiger partial charge on any atom is 0.124 e. The van der Waals surface area contributed by atoms with Gasteiger partial charge >= 0.3 is 0 Å². The summed E-state index contributed by atoms with van der Waals surface area (Å²) < 4.78 is 15.8. The molecule has 0 saturated heterocycles. The number of aromatic nitrogens is 2. The minimum atomic E-state index is -0.247. The van der Waals surface area contributed by atoms with Crippen LogP contribution in [-0.2, 0) is 13.1 Å². The van der Waals surface area contributed by atoms with Crippen LogP contribution in [0.4, 0.5) is 10.1 Å². The van der Waals surface area contributed by atoms with Gasteiger partial charge in [0.05, 0.1) is 18.6 Å². The van der Waals surface area contributed by atoms with E-state index in [0.717, 1.165) is 28.8 Å². The maximum absolute atomic E-state index is 13.0. The van der Waals surface area contributed by atoms with Gasteiger partial charge in [-0.3, -0.25) is 0 Å². The van der Waals surface area contributed by atoms with E-state index in [1.807, 2.05) is 12.5 Å². The first-order chi connectivity index (χ1) is 8.70. The van der Waals surface area contributed by atoms with Crippen molar-refractivity contribution < 1.29 is 4.39 Å². The molecule has 1 aromatic heterocycles. The molecule has 1 aromatic carbocycles. The number of rotatable bonds is 5. The third kappa shape index (κ3) is 3.10. The molecule has 3 nitrogen and oxygen atoms in total. The highest BCUT2D eigenvalue weighted by Crippen LogP contribution is 2.23. The molecule has 0 aliphatic carbocycles. The van der Waals surface area contributed by atoms with E-state index < -0.39 is 0 Å². The average molecular weight is 312 g/mol. The summed E-state index contributed by atoms with van der Waals surface area (Å²) in [5.41, 5.74) is 1.99. The molecular formula is C13H15BrFN3. The van der Waals surface area contributed by atoms with Crippen LogP contribution in [0.2, 0.25) is 0 Å². The molecular weight excluding hydrogens is 297 g/mol. The zero-order valence-corrected chi connectivity index (χ0v) is 11.7. The Morgan fingerprint density at radius 3 is 3.00 bits per heavy atom. The average Bonchev–Trinajstić information content (AvgIpc) is 2.76. The molecule has 0 aliphatic rings. The summed E-state index contributed by atoms with van der Waals surface area (Å²) in [5.74, 6) is -0.247. The molecule has 0 unspecified atom stereocenters. The standard InChI is InChI=1S/C13H15BrFN3/c1-2-5-18-9-16-7-11(18)8-17-13-4-3-10(15)6-12(13)14/h3-4,6-7,9,17H,2,5,8H2,1H3.